The molecule has 1 aromatic rings. The Balaban J connectivity index is 1.29. The van der Waals surface area contributed by atoms with Crippen LogP contribution in [0.4, 0.5) is 4.79 Å². The molecular formula is C21H20N3O4S2+. The van der Waals surface area contributed by atoms with Crippen molar-refractivity contribution in [2.24, 2.45) is 11.8 Å². The molecule has 1 aromatic heterocycles. The molecule has 5 rings (SSSR count). The summed E-state index contributed by atoms with van der Waals surface area (Å²) in [4.78, 5) is 54.3. The third-order valence-electron chi connectivity index (χ3n) is 5.93. The van der Waals surface area contributed by atoms with Crippen molar-refractivity contribution in [3.63, 3.8) is 0 Å². The average Bonchev–Trinajstić information content (AvgIpc) is 3.33. The molecule has 0 saturated carbocycles. The summed E-state index contributed by atoms with van der Waals surface area (Å²) >= 11 is 2.36. The summed E-state index contributed by atoms with van der Waals surface area (Å²) in [6.45, 7) is 1.46. The lowest BCUT2D eigenvalue weighted by Gasteiger charge is -2.39. The van der Waals surface area contributed by atoms with Crippen LogP contribution in [0.15, 0.2) is 34.6 Å². The van der Waals surface area contributed by atoms with Crippen LogP contribution in [-0.2, 0) is 14.4 Å². The fourth-order valence-electron chi connectivity index (χ4n) is 4.57. The first kappa shape index (κ1) is 19.4. The summed E-state index contributed by atoms with van der Waals surface area (Å²) in [5, 5.41) is 1.50. The lowest BCUT2D eigenvalue weighted by atomic mass is 9.81. The molecule has 2 fully saturated rings. The van der Waals surface area contributed by atoms with Gasteiger partial charge in [0.2, 0.25) is 5.91 Å². The van der Waals surface area contributed by atoms with Crippen LogP contribution in [0, 0.1) is 11.8 Å². The molecular weight excluding hydrogens is 422 g/mol. The number of imide groups is 1. The predicted octanol–water partition coefficient (Wildman–Crippen LogP) is 2.20. The van der Waals surface area contributed by atoms with Gasteiger partial charge in [-0.3, -0.25) is 19.3 Å². The van der Waals surface area contributed by atoms with E-state index in [4.69, 9.17) is 0 Å². The molecule has 2 saturated heterocycles. The molecule has 154 valence electrons. The Bertz CT molecular complexity index is 1040. The lowest BCUT2D eigenvalue weighted by molar-refractivity contribution is -0.467. The first-order valence-electron chi connectivity index (χ1n) is 9.90. The fraction of sp³-hybridized carbons (Fsp3) is 0.381. The van der Waals surface area contributed by atoms with Crippen LogP contribution in [0.3, 0.4) is 0 Å². The molecule has 0 aliphatic carbocycles. The SMILES string of the molecule is O=C(CN1C(=O)S/C(=C\c2cccs2)C1=O)N1C[C@@H]2C[C@H](C1)C1=[N+](C2)C(=O)CC=C1. The van der Waals surface area contributed by atoms with Gasteiger partial charge in [-0.15, -0.1) is 11.3 Å². The maximum absolute atomic E-state index is 13.0. The van der Waals surface area contributed by atoms with E-state index in [0.717, 1.165) is 33.7 Å². The summed E-state index contributed by atoms with van der Waals surface area (Å²) < 4.78 is 1.87. The number of carbonyl (C=O) groups excluding carboxylic acids is 4. The monoisotopic (exact) mass is 442 g/mol. The quantitative estimate of drug-likeness (QED) is 0.530. The van der Waals surface area contributed by atoms with Gasteiger partial charge < -0.3 is 4.90 Å². The first-order valence-corrected chi connectivity index (χ1v) is 11.6. The van der Waals surface area contributed by atoms with Gasteiger partial charge in [-0.05, 0) is 35.7 Å². The predicted molar refractivity (Wildman–Crippen MR) is 114 cm³/mol. The Kier molecular flexibility index (Phi) is 4.94. The molecule has 0 unspecified atom stereocenters. The molecule has 30 heavy (non-hydrogen) atoms. The number of rotatable bonds is 3. The Morgan fingerprint density at radius 2 is 2.13 bits per heavy atom. The van der Waals surface area contributed by atoms with Crippen molar-refractivity contribution in [1.29, 1.82) is 0 Å². The Hall–Kier alpha value is -2.52. The number of nitrogens with zero attached hydrogens (tertiary/aromatic N) is 3. The molecule has 2 atom stereocenters. The number of carbonyl (C=O) groups is 4. The van der Waals surface area contributed by atoms with Gasteiger partial charge in [-0.25, -0.2) is 4.79 Å². The van der Waals surface area contributed by atoms with E-state index in [1.54, 1.807) is 11.0 Å². The molecule has 0 aromatic carbocycles. The van der Waals surface area contributed by atoms with Crippen LogP contribution >= 0.6 is 23.1 Å². The lowest BCUT2D eigenvalue weighted by Crippen LogP contribution is -2.56. The average molecular weight is 443 g/mol. The van der Waals surface area contributed by atoms with Gasteiger partial charge >= 0.3 is 5.91 Å². The molecule has 5 heterocycles. The number of amides is 4. The van der Waals surface area contributed by atoms with Gasteiger partial charge in [0, 0.05) is 30.0 Å². The van der Waals surface area contributed by atoms with E-state index in [1.165, 1.54) is 11.3 Å². The molecule has 2 bridgehead atoms. The summed E-state index contributed by atoms with van der Waals surface area (Å²) in [6.07, 6.45) is 6.97. The van der Waals surface area contributed by atoms with Crippen LogP contribution in [0.1, 0.15) is 17.7 Å². The Morgan fingerprint density at radius 3 is 2.93 bits per heavy atom. The second kappa shape index (κ2) is 7.63. The zero-order valence-corrected chi connectivity index (χ0v) is 17.8. The molecule has 4 aliphatic heterocycles. The van der Waals surface area contributed by atoms with E-state index < -0.39 is 11.1 Å². The molecule has 4 amide bonds. The molecule has 4 aliphatic rings. The molecule has 0 radical (unpaired) electrons. The number of thioether (sulfide) groups is 1. The van der Waals surface area contributed by atoms with Gasteiger partial charge in [0.15, 0.2) is 12.3 Å². The van der Waals surface area contributed by atoms with E-state index >= 15 is 0 Å². The minimum atomic E-state index is -0.412. The van der Waals surface area contributed by atoms with Gasteiger partial charge in [-0.2, -0.15) is 4.58 Å². The van der Waals surface area contributed by atoms with Crippen molar-refractivity contribution >= 4 is 57.8 Å². The number of hydrogen-bond acceptors (Lipinski definition) is 6. The molecule has 9 heteroatoms. The molecule has 0 spiro atoms. The van der Waals surface area contributed by atoms with Gasteiger partial charge in [-0.1, -0.05) is 12.1 Å². The molecule has 0 N–H and O–H groups in total. The maximum Gasteiger partial charge on any atom is 0.390 e. The first-order chi connectivity index (χ1) is 14.5. The number of likely N-dealkylation sites (tertiary alicyclic amines) is 1. The van der Waals surface area contributed by atoms with E-state index in [2.05, 4.69) is 0 Å². The number of allylic oxidation sites excluding steroid dienone is 1. The van der Waals surface area contributed by atoms with Crippen LogP contribution in [0.2, 0.25) is 0 Å². The summed E-state index contributed by atoms with van der Waals surface area (Å²) in [7, 11) is 0. The topological polar surface area (TPSA) is 77.8 Å². The van der Waals surface area contributed by atoms with E-state index in [-0.39, 0.29) is 30.2 Å². The summed E-state index contributed by atoms with van der Waals surface area (Å²) in [5.41, 5.74) is 0.991. The minimum absolute atomic E-state index is 0.121. The largest absolute Gasteiger partial charge is 0.390 e. The van der Waals surface area contributed by atoms with E-state index in [1.807, 2.05) is 34.2 Å². The standard InChI is InChI=1S/C21H20N3O4S2/c25-18-5-1-4-16-14-7-13(10-23(16)18)9-22(11-14)19(26)12-24-20(27)17(30-21(24)28)8-15-3-2-6-29-15/h1-4,6,8,13-14H,5,7,9-12H2/q+1/b17-8-/t13-,14+/m0/s1. The van der Waals surface area contributed by atoms with Crippen LogP contribution in [0.25, 0.3) is 6.08 Å². The fourth-order valence-corrected chi connectivity index (χ4v) is 6.14. The number of hydrogen-bond donors (Lipinski definition) is 0. The van der Waals surface area contributed by atoms with Gasteiger partial charge in [0.1, 0.15) is 6.54 Å². The Labute approximate surface area is 181 Å². The van der Waals surface area contributed by atoms with Crippen LogP contribution < -0.4 is 0 Å². The zero-order valence-electron chi connectivity index (χ0n) is 16.2. The highest BCUT2D eigenvalue weighted by Gasteiger charge is 2.45. The Morgan fingerprint density at radius 1 is 1.27 bits per heavy atom. The molecule has 7 nitrogen and oxygen atoms in total. The second-order valence-electron chi connectivity index (χ2n) is 7.92. The van der Waals surface area contributed by atoms with Crippen molar-refractivity contribution in [3.8, 4) is 0 Å². The maximum atomic E-state index is 13.0. The van der Waals surface area contributed by atoms with Crippen molar-refractivity contribution in [2.75, 3.05) is 26.2 Å². The van der Waals surface area contributed by atoms with E-state index in [9.17, 15) is 19.2 Å². The normalized spacial score (nSPS) is 27.3. The third kappa shape index (κ3) is 3.45. The minimum Gasteiger partial charge on any atom is -0.340 e. The smallest absolute Gasteiger partial charge is 0.340 e. The highest BCUT2D eigenvalue weighted by Crippen LogP contribution is 2.34. The highest BCUT2D eigenvalue weighted by molar-refractivity contribution is 8.18. The van der Waals surface area contributed by atoms with Crippen LogP contribution in [-0.4, -0.2) is 69.2 Å². The number of piperidine rings is 1. The summed E-state index contributed by atoms with van der Waals surface area (Å²) in [6, 6.07) is 3.76. The van der Waals surface area contributed by atoms with Gasteiger partial charge in [0.05, 0.1) is 17.2 Å². The van der Waals surface area contributed by atoms with Crippen molar-refractivity contribution < 1.29 is 23.8 Å². The number of thiophene rings is 1. The second-order valence-corrected chi connectivity index (χ2v) is 9.89. The number of fused-ring (bicyclic) bond motifs is 3. The van der Waals surface area contributed by atoms with Gasteiger partial charge in [0.25, 0.3) is 11.1 Å². The highest BCUT2D eigenvalue weighted by atomic mass is 32.2. The van der Waals surface area contributed by atoms with Crippen molar-refractivity contribution in [2.45, 2.75) is 12.8 Å². The van der Waals surface area contributed by atoms with Crippen molar-refractivity contribution in [1.82, 2.24) is 9.80 Å². The van der Waals surface area contributed by atoms with Crippen LogP contribution in [0.5, 0.6) is 0 Å². The third-order valence-corrected chi connectivity index (χ3v) is 7.65. The van der Waals surface area contributed by atoms with E-state index in [0.29, 0.717) is 31.0 Å². The summed E-state index contributed by atoms with van der Waals surface area (Å²) in [5.74, 6) is -0.164. The van der Waals surface area contributed by atoms with Crippen molar-refractivity contribution in [3.05, 3.63) is 39.4 Å². The zero-order chi connectivity index (χ0) is 20.8.